The first kappa shape index (κ1) is 18.2. The first-order chi connectivity index (χ1) is 12.1. The van der Waals surface area contributed by atoms with Crippen molar-refractivity contribution in [1.29, 1.82) is 0 Å². The Bertz CT molecular complexity index is 783. The molecule has 2 aromatic rings. The quantitative estimate of drug-likeness (QED) is 0.461. The summed E-state index contributed by atoms with van der Waals surface area (Å²) in [5, 5.41) is 11.0. The molecule has 0 aliphatic carbocycles. The minimum absolute atomic E-state index is 0.0466. The molecule has 0 bridgehead atoms. The van der Waals surface area contributed by atoms with E-state index < -0.39 is 0 Å². The lowest BCUT2D eigenvalue weighted by atomic mass is 10.1. The number of para-hydroxylation sites is 1. The molecule has 1 aliphatic rings. The fourth-order valence-corrected chi connectivity index (χ4v) is 4.52. The summed E-state index contributed by atoms with van der Waals surface area (Å²) in [6, 6.07) is 8.15. The van der Waals surface area contributed by atoms with E-state index in [1.807, 2.05) is 23.1 Å². The summed E-state index contributed by atoms with van der Waals surface area (Å²) in [6.07, 6.45) is 1.11. The molecule has 1 aliphatic heterocycles. The van der Waals surface area contributed by atoms with E-state index in [1.165, 1.54) is 28.7 Å². The Hall–Kier alpha value is -1.64. The Morgan fingerprint density at radius 1 is 1.40 bits per heavy atom. The summed E-state index contributed by atoms with van der Waals surface area (Å²) in [7, 11) is 0. The van der Waals surface area contributed by atoms with Crippen LogP contribution in [0, 0.1) is 0 Å². The Morgan fingerprint density at radius 3 is 3.00 bits per heavy atom. The number of carbonyl (C=O) groups is 2. The van der Waals surface area contributed by atoms with Gasteiger partial charge in [0.05, 0.1) is 5.75 Å². The molecule has 0 spiro atoms. The molecule has 0 unspecified atom stereocenters. The zero-order valence-corrected chi connectivity index (χ0v) is 16.0. The molecule has 0 saturated heterocycles. The Balaban J connectivity index is 1.58. The average Bonchev–Trinajstić information content (AvgIpc) is 3.16. The van der Waals surface area contributed by atoms with E-state index in [0.29, 0.717) is 9.47 Å². The van der Waals surface area contributed by atoms with Gasteiger partial charge < -0.3 is 10.2 Å². The summed E-state index contributed by atoms with van der Waals surface area (Å²) >= 11 is 8.11. The maximum atomic E-state index is 12.6. The molecule has 25 heavy (non-hydrogen) atoms. The minimum atomic E-state index is -0.193. The third-order valence-electron chi connectivity index (χ3n) is 3.77. The van der Waals surface area contributed by atoms with Crippen LogP contribution in [0.15, 0.2) is 28.6 Å². The number of carbonyl (C=O) groups excluding carboxylic acids is 2. The van der Waals surface area contributed by atoms with E-state index in [0.717, 1.165) is 12.1 Å². The number of hydrogen-bond acceptors (Lipinski definition) is 6. The fourth-order valence-electron chi connectivity index (χ4n) is 2.72. The highest BCUT2D eigenvalue weighted by atomic mass is 35.5. The van der Waals surface area contributed by atoms with E-state index in [1.54, 1.807) is 0 Å². The van der Waals surface area contributed by atoms with Gasteiger partial charge in [0, 0.05) is 24.0 Å². The number of benzene rings is 1. The van der Waals surface area contributed by atoms with Crippen LogP contribution >= 0.6 is 34.7 Å². The molecule has 9 heteroatoms. The summed E-state index contributed by atoms with van der Waals surface area (Å²) in [6.45, 7) is 2.05. The van der Waals surface area contributed by atoms with Crippen molar-refractivity contribution in [3.05, 3.63) is 29.8 Å². The predicted molar refractivity (Wildman–Crippen MR) is 102 cm³/mol. The fraction of sp³-hybridized carbons (Fsp3) is 0.375. The maximum Gasteiger partial charge on any atom is 0.237 e. The Labute approximate surface area is 159 Å². The van der Waals surface area contributed by atoms with Gasteiger partial charge in [-0.05, 0) is 25.0 Å². The van der Waals surface area contributed by atoms with Crippen LogP contribution in [-0.4, -0.2) is 39.7 Å². The molecule has 0 radical (unpaired) electrons. The van der Waals surface area contributed by atoms with Gasteiger partial charge in [-0.2, -0.15) is 0 Å². The Kier molecular flexibility index (Phi) is 5.93. The van der Waals surface area contributed by atoms with Crippen molar-refractivity contribution in [3.63, 3.8) is 0 Å². The first-order valence-electron chi connectivity index (χ1n) is 7.80. The number of fused-ring (bicyclic) bond motifs is 1. The largest absolute Gasteiger partial charge is 0.308 e. The highest BCUT2D eigenvalue weighted by molar-refractivity contribution is 8.01. The number of halogens is 1. The Morgan fingerprint density at radius 2 is 2.20 bits per heavy atom. The lowest BCUT2D eigenvalue weighted by molar-refractivity contribution is -0.117. The monoisotopic (exact) mass is 396 g/mol. The third kappa shape index (κ3) is 4.31. The number of amides is 2. The highest BCUT2D eigenvalue weighted by Gasteiger charge is 2.30. The number of thioether (sulfide) groups is 1. The molecule has 1 aromatic carbocycles. The first-order valence-corrected chi connectivity index (χ1v) is 10.1. The second-order valence-corrected chi connectivity index (χ2v) is 8.17. The molecule has 0 saturated carbocycles. The minimum Gasteiger partial charge on any atom is -0.308 e. The molecule has 0 fully saturated rings. The molecular formula is C16H17ClN4O2S2. The predicted octanol–water partition coefficient (Wildman–Crippen LogP) is 3.18. The summed E-state index contributed by atoms with van der Waals surface area (Å²) in [5.41, 5.74) is 2.19. The van der Waals surface area contributed by atoms with Crippen molar-refractivity contribution >= 4 is 57.3 Å². The van der Waals surface area contributed by atoms with Crippen LogP contribution in [0.1, 0.15) is 18.9 Å². The third-order valence-corrected chi connectivity index (χ3v) is 5.92. The maximum absolute atomic E-state index is 12.6. The van der Waals surface area contributed by atoms with Gasteiger partial charge >= 0.3 is 0 Å². The lowest BCUT2D eigenvalue weighted by Crippen LogP contribution is -2.36. The van der Waals surface area contributed by atoms with Crippen LogP contribution in [0.4, 0.5) is 10.8 Å². The van der Waals surface area contributed by atoms with Crippen LogP contribution in [0.5, 0.6) is 0 Å². The zero-order valence-electron chi connectivity index (χ0n) is 13.6. The smallest absolute Gasteiger partial charge is 0.237 e. The molecule has 1 N–H and O–H groups in total. The number of nitrogens with one attached hydrogen (secondary N) is 1. The molecule has 6 nitrogen and oxygen atoms in total. The van der Waals surface area contributed by atoms with Crippen molar-refractivity contribution in [2.24, 2.45) is 0 Å². The molecule has 132 valence electrons. The van der Waals surface area contributed by atoms with Crippen molar-refractivity contribution in [3.8, 4) is 0 Å². The number of alkyl halides is 1. The number of rotatable bonds is 6. The van der Waals surface area contributed by atoms with Gasteiger partial charge in [-0.3, -0.25) is 9.59 Å². The van der Waals surface area contributed by atoms with Crippen molar-refractivity contribution in [1.82, 2.24) is 10.2 Å². The standard InChI is InChI=1S/C16H17ClN4O2S2/c1-10-8-11-4-2-3-5-12(11)21(10)14(23)9-24-16-20-19-15(25-16)18-13(22)6-7-17/h2-5,10H,6-9H2,1H3,(H,18,19,22)/t10-/m1/s1. The molecule has 1 aromatic heterocycles. The second kappa shape index (κ2) is 8.16. The van der Waals surface area contributed by atoms with Crippen molar-refractivity contribution < 1.29 is 9.59 Å². The average molecular weight is 397 g/mol. The number of anilines is 2. The molecule has 2 amide bonds. The SMILES string of the molecule is C[C@@H]1Cc2ccccc2N1C(=O)CSc1nnc(NC(=O)CCCl)s1. The topological polar surface area (TPSA) is 75.2 Å². The number of nitrogens with zero attached hydrogens (tertiary/aromatic N) is 3. The van der Waals surface area contributed by atoms with E-state index in [-0.39, 0.29) is 35.9 Å². The lowest BCUT2D eigenvalue weighted by Gasteiger charge is -2.22. The number of aromatic nitrogens is 2. The summed E-state index contributed by atoms with van der Waals surface area (Å²) in [4.78, 5) is 26.0. The van der Waals surface area contributed by atoms with Crippen LogP contribution in [0.2, 0.25) is 0 Å². The summed E-state index contributed by atoms with van der Waals surface area (Å²) < 4.78 is 0.648. The van der Waals surface area contributed by atoms with Gasteiger partial charge in [-0.25, -0.2) is 0 Å². The van der Waals surface area contributed by atoms with Crippen LogP contribution in [-0.2, 0) is 16.0 Å². The van der Waals surface area contributed by atoms with Crippen LogP contribution in [0.3, 0.4) is 0 Å². The number of hydrogen-bond donors (Lipinski definition) is 1. The van der Waals surface area contributed by atoms with Crippen LogP contribution in [0.25, 0.3) is 0 Å². The van der Waals surface area contributed by atoms with E-state index >= 15 is 0 Å². The van der Waals surface area contributed by atoms with E-state index in [4.69, 9.17) is 11.6 Å². The van der Waals surface area contributed by atoms with Crippen molar-refractivity contribution in [2.75, 3.05) is 21.8 Å². The van der Waals surface area contributed by atoms with Gasteiger partial charge in [0.15, 0.2) is 4.34 Å². The van der Waals surface area contributed by atoms with Gasteiger partial charge in [-0.15, -0.1) is 21.8 Å². The normalized spacial score (nSPS) is 15.9. The summed E-state index contributed by atoms with van der Waals surface area (Å²) in [5.74, 6) is 0.394. The second-order valence-electron chi connectivity index (χ2n) is 5.59. The highest BCUT2D eigenvalue weighted by Crippen LogP contribution is 2.33. The zero-order chi connectivity index (χ0) is 17.8. The van der Waals surface area contributed by atoms with Crippen molar-refractivity contribution in [2.45, 2.75) is 30.1 Å². The van der Waals surface area contributed by atoms with Crippen LogP contribution < -0.4 is 10.2 Å². The molecule has 2 heterocycles. The molecule has 1 atom stereocenters. The van der Waals surface area contributed by atoms with Gasteiger partial charge in [0.2, 0.25) is 16.9 Å². The van der Waals surface area contributed by atoms with E-state index in [2.05, 4.69) is 28.5 Å². The van der Waals surface area contributed by atoms with E-state index in [9.17, 15) is 9.59 Å². The van der Waals surface area contributed by atoms with Gasteiger partial charge in [0.1, 0.15) is 0 Å². The van der Waals surface area contributed by atoms with Gasteiger partial charge in [0.25, 0.3) is 0 Å². The molecule has 3 rings (SSSR count). The molecular weight excluding hydrogens is 380 g/mol. The van der Waals surface area contributed by atoms with Gasteiger partial charge in [-0.1, -0.05) is 41.3 Å².